The third-order valence-corrected chi connectivity index (χ3v) is 5.96. The van der Waals surface area contributed by atoms with Gasteiger partial charge in [0.15, 0.2) is 22.4 Å². The largest absolute Gasteiger partial charge is 0.486 e. The van der Waals surface area contributed by atoms with Crippen LogP contribution in [-0.2, 0) is 0 Å². The van der Waals surface area contributed by atoms with Gasteiger partial charge in [-0.1, -0.05) is 30.8 Å². The van der Waals surface area contributed by atoms with Gasteiger partial charge in [0.2, 0.25) is 0 Å². The molecule has 3 aromatic rings. The number of ketones is 1. The molecule has 0 saturated carbocycles. The van der Waals surface area contributed by atoms with Gasteiger partial charge in [-0.3, -0.25) is 14.2 Å². The van der Waals surface area contributed by atoms with E-state index >= 15 is 0 Å². The minimum atomic E-state index is -0.0702. The molecule has 1 atom stereocenters. The fraction of sp³-hybridized carbons (Fsp3) is 0.318. The van der Waals surface area contributed by atoms with Crippen molar-refractivity contribution in [3.63, 3.8) is 0 Å². The number of para-hydroxylation sites is 1. The first-order valence-corrected chi connectivity index (χ1v) is 10.6. The number of aromatic nitrogens is 2. The zero-order chi connectivity index (χ0) is 20.4. The summed E-state index contributed by atoms with van der Waals surface area (Å²) in [4.78, 5) is 30.5. The van der Waals surface area contributed by atoms with Gasteiger partial charge in [-0.15, -0.1) is 0 Å². The van der Waals surface area contributed by atoms with Crippen LogP contribution in [0.15, 0.2) is 52.4 Å². The average Bonchev–Trinajstić information content (AvgIpc) is 2.76. The Morgan fingerprint density at radius 3 is 2.72 bits per heavy atom. The number of hydrogen-bond donors (Lipinski definition) is 0. The van der Waals surface area contributed by atoms with E-state index in [1.165, 1.54) is 11.8 Å². The van der Waals surface area contributed by atoms with Crippen LogP contribution in [0.1, 0.15) is 36.7 Å². The molecule has 0 spiro atoms. The molecule has 150 valence electrons. The summed E-state index contributed by atoms with van der Waals surface area (Å²) >= 11 is 1.29. The second-order valence-corrected chi connectivity index (χ2v) is 7.86. The Labute approximate surface area is 172 Å². The zero-order valence-electron chi connectivity index (χ0n) is 16.4. The number of rotatable bonds is 6. The van der Waals surface area contributed by atoms with Crippen LogP contribution in [0, 0.1) is 0 Å². The van der Waals surface area contributed by atoms with Gasteiger partial charge in [0, 0.05) is 11.6 Å². The molecule has 1 unspecified atom stereocenters. The van der Waals surface area contributed by atoms with E-state index in [1.54, 1.807) is 28.8 Å². The van der Waals surface area contributed by atoms with Gasteiger partial charge in [-0.2, -0.15) is 0 Å². The Morgan fingerprint density at radius 1 is 1.17 bits per heavy atom. The lowest BCUT2D eigenvalue weighted by Gasteiger charge is -2.19. The van der Waals surface area contributed by atoms with Crippen LogP contribution in [0.4, 0.5) is 0 Å². The van der Waals surface area contributed by atoms with Crippen LogP contribution in [-0.4, -0.2) is 34.3 Å². The fourth-order valence-electron chi connectivity index (χ4n) is 3.23. The molecular formula is C22H22N2O4S. The molecule has 4 rings (SSSR count). The number of ether oxygens (including phenoxy) is 2. The molecule has 7 heteroatoms. The lowest BCUT2D eigenvalue weighted by molar-refractivity contribution is 0.102. The van der Waals surface area contributed by atoms with E-state index in [0.717, 1.165) is 6.42 Å². The van der Waals surface area contributed by atoms with Crippen molar-refractivity contribution in [3.05, 3.63) is 58.4 Å². The highest BCUT2D eigenvalue weighted by molar-refractivity contribution is 7.99. The van der Waals surface area contributed by atoms with Crippen molar-refractivity contribution < 1.29 is 14.3 Å². The highest BCUT2D eigenvalue weighted by Crippen LogP contribution is 2.31. The van der Waals surface area contributed by atoms with E-state index in [4.69, 9.17) is 9.47 Å². The van der Waals surface area contributed by atoms with Crippen molar-refractivity contribution in [2.45, 2.75) is 31.5 Å². The van der Waals surface area contributed by atoms with Gasteiger partial charge in [-0.25, -0.2) is 4.98 Å². The summed E-state index contributed by atoms with van der Waals surface area (Å²) in [5.74, 6) is 1.38. The molecule has 2 heterocycles. The SMILES string of the molecule is CCC(C)n1c(SCC(=O)c2ccc3c(c2)OCCO3)nc2ccccc2c1=O. The predicted octanol–water partition coefficient (Wildman–Crippen LogP) is 4.11. The van der Waals surface area contributed by atoms with E-state index in [0.29, 0.717) is 46.3 Å². The minimum Gasteiger partial charge on any atom is -0.486 e. The zero-order valence-corrected chi connectivity index (χ0v) is 17.2. The highest BCUT2D eigenvalue weighted by atomic mass is 32.2. The first-order chi connectivity index (χ1) is 14.1. The van der Waals surface area contributed by atoms with E-state index in [1.807, 2.05) is 32.0 Å². The van der Waals surface area contributed by atoms with Crippen LogP contribution < -0.4 is 15.0 Å². The number of hydrogen-bond acceptors (Lipinski definition) is 6. The quantitative estimate of drug-likeness (QED) is 0.346. The Balaban J connectivity index is 1.62. The number of fused-ring (bicyclic) bond motifs is 2. The van der Waals surface area contributed by atoms with E-state index < -0.39 is 0 Å². The van der Waals surface area contributed by atoms with Crippen LogP contribution in [0.3, 0.4) is 0 Å². The summed E-state index contributed by atoms with van der Waals surface area (Å²) in [7, 11) is 0. The summed E-state index contributed by atoms with van der Waals surface area (Å²) in [6.45, 7) is 5.00. The molecule has 1 aliphatic rings. The number of carbonyl (C=O) groups excluding carboxylic acids is 1. The Hall–Kier alpha value is -2.80. The van der Waals surface area contributed by atoms with Crippen LogP contribution in [0.5, 0.6) is 11.5 Å². The molecule has 2 aromatic carbocycles. The smallest absolute Gasteiger partial charge is 0.262 e. The third kappa shape index (κ3) is 3.87. The van der Waals surface area contributed by atoms with Crippen molar-refractivity contribution in [1.82, 2.24) is 9.55 Å². The lowest BCUT2D eigenvalue weighted by atomic mass is 10.1. The Morgan fingerprint density at radius 2 is 1.93 bits per heavy atom. The average molecular weight is 410 g/mol. The summed E-state index contributed by atoms with van der Waals surface area (Å²) in [6.07, 6.45) is 0.795. The van der Waals surface area contributed by atoms with E-state index in [9.17, 15) is 9.59 Å². The standard InChI is InChI=1S/C22H22N2O4S/c1-3-14(2)24-21(26)16-6-4-5-7-17(16)23-22(24)29-13-18(25)15-8-9-19-20(12-15)28-11-10-27-19/h4-9,12,14H,3,10-11,13H2,1-2H3. The molecule has 0 N–H and O–H groups in total. The maximum absolute atomic E-state index is 13.0. The van der Waals surface area contributed by atoms with Gasteiger partial charge in [-0.05, 0) is 43.7 Å². The molecule has 6 nitrogen and oxygen atoms in total. The molecular weight excluding hydrogens is 388 g/mol. The van der Waals surface area contributed by atoms with E-state index in [2.05, 4.69) is 4.98 Å². The molecule has 0 saturated heterocycles. The molecule has 0 aliphatic carbocycles. The summed E-state index contributed by atoms with van der Waals surface area (Å²) in [5, 5.41) is 1.16. The van der Waals surface area contributed by atoms with E-state index in [-0.39, 0.29) is 23.1 Å². The van der Waals surface area contributed by atoms with Gasteiger partial charge in [0.05, 0.1) is 16.7 Å². The van der Waals surface area contributed by atoms with Gasteiger partial charge < -0.3 is 9.47 Å². The van der Waals surface area contributed by atoms with Crippen molar-refractivity contribution in [2.75, 3.05) is 19.0 Å². The Kier molecular flexibility index (Phi) is 5.58. The Bertz CT molecular complexity index is 1130. The molecule has 29 heavy (non-hydrogen) atoms. The van der Waals surface area contributed by atoms with Crippen molar-refractivity contribution in [3.8, 4) is 11.5 Å². The number of Topliss-reactive ketones (excluding diaryl/α,β-unsaturated/α-hetero) is 1. The van der Waals surface area contributed by atoms with Crippen LogP contribution in [0.2, 0.25) is 0 Å². The molecule has 0 radical (unpaired) electrons. The van der Waals surface area contributed by atoms with Crippen molar-refractivity contribution in [1.29, 1.82) is 0 Å². The normalized spacial score (nSPS) is 14.0. The van der Waals surface area contributed by atoms with Crippen molar-refractivity contribution >= 4 is 28.4 Å². The summed E-state index contributed by atoms with van der Waals surface area (Å²) in [6, 6.07) is 12.5. The molecule has 0 amide bonds. The minimum absolute atomic E-state index is 0.00787. The van der Waals surface area contributed by atoms with Crippen molar-refractivity contribution in [2.24, 2.45) is 0 Å². The number of nitrogens with zero attached hydrogens (tertiary/aromatic N) is 2. The maximum atomic E-state index is 13.0. The van der Waals surface area contributed by atoms with Gasteiger partial charge in [0.1, 0.15) is 13.2 Å². The van der Waals surface area contributed by atoms with Gasteiger partial charge >= 0.3 is 0 Å². The maximum Gasteiger partial charge on any atom is 0.262 e. The second kappa shape index (κ2) is 8.29. The lowest BCUT2D eigenvalue weighted by Crippen LogP contribution is -2.26. The first kappa shape index (κ1) is 19.5. The second-order valence-electron chi connectivity index (χ2n) is 6.91. The van der Waals surface area contributed by atoms with Crippen LogP contribution >= 0.6 is 11.8 Å². The van der Waals surface area contributed by atoms with Crippen LogP contribution in [0.25, 0.3) is 10.9 Å². The third-order valence-electron chi connectivity index (χ3n) is 5.00. The first-order valence-electron chi connectivity index (χ1n) is 9.65. The monoisotopic (exact) mass is 410 g/mol. The molecule has 1 aromatic heterocycles. The molecule has 0 bridgehead atoms. The molecule has 0 fully saturated rings. The predicted molar refractivity (Wildman–Crippen MR) is 113 cm³/mol. The fourth-order valence-corrected chi connectivity index (χ4v) is 4.22. The highest BCUT2D eigenvalue weighted by Gasteiger charge is 2.19. The number of thioether (sulfide) groups is 1. The number of carbonyl (C=O) groups is 1. The molecule has 1 aliphatic heterocycles. The number of benzene rings is 2. The summed E-state index contributed by atoms with van der Waals surface area (Å²) in [5.41, 5.74) is 1.13. The topological polar surface area (TPSA) is 70.4 Å². The van der Waals surface area contributed by atoms with Gasteiger partial charge in [0.25, 0.3) is 5.56 Å². The summed E-state index contributed by atoms with van der Waals surface area (Å²) < 4.78 is 12.8.